The molecule has 4 aromatic rings. The van der Waals surface area contributed by atoms with Gasteiger partial charge in [-0.15, -0.1) is 0 Å². The quantitative estimate of drug-likeness (QED) is 0.256. The van der Waals surface area contributed by atoms with E-state index >= 15 is 0 Å². The SMILES string of the molecule is O=C(CSc1nc2ccccc2c(=O)n1Cc1ccc(C(=O)NC2CCCC2)cc1)NCc1ccco1. The average Bonchev–Trinajstić information content (AvgIpc) is 3.63. The van der Waals surface area contributed by atoms with Crippen molar-refractivity contribution in [1.82, 2.24) is 20.2 Å². The molecule has 2 heterocycles. The van der Waals surface area contributed by atoms with Crippen molar-refractivity contribution in [3.63, 3.8) is 0 Å². The summed E-state index contributed by atoms with van der Waals surface area (Å²) in [5, 5.41) is 6.88. The molecule has 190 valence electrons. The third-order valence-electron chi connectivity index (χ3n) is 6.45. The molecule has 5 rings (SSSR count). The fourth-order valence-corrected chi connectivity index (χ4v) is 5.29. The van der Waals surface area contributed by atoms with Crippen molar-refractivity contribution in [3.05, 3.63) is 94.2 Å². The normalized spacial score (nSPS) is 13.6. The summed E-state index contributed by atoms with van der Waals surface area (Å²) < 4.78 is 6.83. The highest BCUT2D eigenvalue weighted by Crippen LogP contribution is 2.20. The number of nitrogens with one attached hydrogen (secondary N) is 2. The smallest absolute Gasteiger partial charge is 0.262 e. The first kappa shape index (κ1) is 24.8. The van der Waals surface area contributed by atoms with Crippen molar-refractivity contribution in [2.75, 3.05) is 5.75 Å². The highest BCUT2D eigenvalue weighted by Gasteiger charge is 2.18. The molecule has 8 nitrogen and oxygen atoms in total. The van der Waals surface area contributed by atoms with Gasteiger partial charge < -0.3 is 15.1 Å². The van der Waals surface area contributed by atoms with Crippen LogP contribution in [-0.4, -0.2) is 33.2 Å². The monoisotopic (exact) mass is 516 g/mol. The molecule has 2 aromatic heterocycles. The minimum atomic E-state index is -0.187. The predicted octanol–water partition coefficient (Wildman–Crippen LogP) is 4.12. The summed E-state index contributed by atoms with van der Waals surface area (Å²) in [6.07, 6.45) is 5.93. The Kier molecular flexibility index (Phi) is 7.70. The Morgan fingerprint density at radius 1 is 1.03 bits per heavy atom. The standard InChI is InChI=1S/C28H28N4O4S/c33-25(29-16-22-8-5-15-36-22)18-37-28-31-24-10-4-3-9-23(24)27(35)32(28)17-19-11-13-20(14-12-19)26(34)30-21-6-1-2-7-21/h3-5,8-15,21H,1-2,6-7,16-18H2,(H,29,33)(H,30,34). The van der Waals surface area contributed by atoms with Crippen LogP contribution in [0.3, 0.4) is 0 Å². The van der Waals surface area contributed by atoms with Gasteiger partial charge in [-0.1, -0.05) is 48.9 Å². The summed E-state index contributed by atoms with van der Waals surface area (Å²) in [4.78, 5) is 43.1. The van der Waals surface area contributed by atoms with Crippen LogP contribution in [0.15, 0.2) is 81.3 Å². The third kappa shape index (κ3) is 6.11. The van der Waals surface area contributed by atoms with Crippen molar-refractivity contribution in [3.8, 4) is 0 Å². The summed E-state index contributed by atoms with van der Waals surface area (Å²) in [6, 6.07) is 18.3. The Hall–Kier alpha value is -3.85. The van der Waals surface area contributed by atoms with E-state index in [9.17, 15) is 14.4 Å². The molecule has 0 bridgehead atoms. The van der Waals surface area contributed by atoms with Gasteiger partial charge in [-0.2, -0.15) is 0 Å². The summed E-state index contributed by atoms with van der Waals surface area (Å²) in [5.41, 5.74) is 1.87. The number of thioether (sulfide) groups is 1. The molecule has 0 unspecified atom stereocenters. The largest absolute Gasteiger partial charge is 0.467 e. The van der Waals surface area contributed by atoms with Gasteiger partial charge in [0.15, 0.2) is 5.16 Å². The fourth-order valence-electron chi connectivity index (χ4n) is 4.46. The molecule has 0 saturated heterocycles. The van der Waals surface area contributed by atoms with E-state index in [1.165, 1.54) is 11.8 Å². The number of fused-ring (bicyclic) bond motifs is 1. The second-order valence-electron chi connectivity index (χ2n) is 9.10. The highest BCUT2D eigenvalue weighted by atomic mass is 32.2. The Morgan fingerprint density at radius 3 is 2.57 bits per heavy atom. The summed E-state index contributed by atoms with van der Waals surface area (Å²) >= 11 is 1.21. The topological polar surface area (TPSA) is 106 Å². The lowest BCUT2D eigenvalue weighted by Gasteiger charge is -2.14. The van der Waals surface area contributed by atoms with E-state index in [1.54, 1.807) is 47.2 Å². The lowest BCUT2D eigenvalue weighted by Crippen LogP contribution is -2.32. The number of benzene rings is 2. The van der Waals surface area contributed by atoms with E-state index in [4.69, 9.17) is 4.42 Å². The first-order valence-corrected chi connectivity index (χ1v) is 13.4. The summed E-state index contributed by atoms with van der Waals surface area (Å²) in [5.74, 6) is 0.512. The molecule has 2 amide bonds. The minimum absolute atomic E-state index is 0.0696. The van der Waals surface area contributed by atoms with Gasteiger partial charge in [-0.25, -0.2) is 4.98 Å². The average molecular weight is 517 g/mol. The van der Waals surface area contributed by atoms with E-state index in [2.05, 4.69) is 15.6 Å². The van der Waals surface area contributed by atoms with Crippen molar-refractivity contribution in [2.24, 2.45) is 0 Å². The number of nitrogens with zero attached hydrogens (tertiary/aromatic N) is 2. The van der Waals surface area contributed by atoms with Crippen LogP contribution in [0.25, 0.3) is 10.9 Å². The number of amides is 2. The Morgan fingerprint density at radius 2 is 1.81 bits per heavy atom. The minimum Gasteiger partial charge on any atom is -0.467 e. The number of furan rings is 1. The highest BCUT2D eigenvalue weighted by molar-refractivity contribution is 7.99. The Labute approximate surface area is 218 Å². The molecule has 9 heteroatoms. The number of para-hydroxylation sites is 1. The second kappa shape index (κ2) is 11.5. The number of rotatable bonds is 9. The Balaban J connectivity index is 1.32. The molecule has 0 radical (unpaired) electrons. The maximum absolute atomic E-state index is 13.4. The Bertz CT molecular complexity index is 1440. The molecule has 1 saturated carbocycles. The van der Waals surface area contributed by atoms with E-state index in [1.807, 2.05) is 24.3 Å². The molecular weight excluding hydrogens is 488 g/mol. The maximum atomic E-state index is 13.4. The van der Waals surface area contributed by atoms with E-state index in [0.29, 0.717) is 33.9 Å². The van der Waals surface area contributed by atoms with Crippen LogP contribution >= 0.6 is 11.8 Å². The zero-order chi connectivity index (χ0) is 25.6. The maximum Gasteiger partial charge on any atom is 0.262 e. The van der Waals surface area contributed by atoms with Gasteiger partial charge >= 0.3 is 0 Å². The predicted molar refractivity (Wildman–Crippen MR) is 143 cm³/mol. The van der Waals surface area contributed by atoms with E-state index < -0.39 is 0 Å². The third-order valence-corrected chi connectivity index (χ3v) is 7.42. The van der Waals surface area contributed by atoms with Gasteiger partial charge in [0.25, 0.3) is 11.5 Å². The van der Waals surface area contributed by atoms with E-state index in [0.717, 1.165) is 31.2 Å². The first-order chi connectivity index (χ1) is 18.1. The van der Waals surface area contributed by atoms with Gasteiger partial charge in [0.05, 0.1) is 36.0 Å². The molecule has 1 aliphatic carbocycles. The van der Waals surface area contributed by atoms with Crippen LogP contribution in [0, 0.1) is 0 Å². The van der Waals surface area contributed by atoms with Crippen LogP contribution in [0.4, 0.5) is 0 Å². The second-order valence-corrected chi connectivity index (χ2v) is 10.0. The zero-order valence-electron chi connectivity index (χ0n) is 20.3. The molecule has 2 N–H and O–H groups in total. The molecule has 2 aromatic carbocycles. The van der Waals surface area contributed by atoms with Crippen molar-refractivity contribution in [2.45, 2.75) is 50.0 Å². The molecular formula is C28H28N4O4S. The van der Waals surface area contributed by atoms with E-state index in [-0.39, 0.29) is 35.7 Å². The number of hydrogen-bond donors (Lipinski definition) is 2. The molecule has 1 fully saturated rings. The molecule has 1 aliphatic rings. The molecule has 0 aliphatic heterocycles. The lowest BCUT2D eigenvalue weighted by molar-refractivity contribution is -0.118. The molecule has 37 heavy (non-hydrogen) atoms. The van der Waals surface area contributed by atoms with Gasteiger partial charge in [0.2, 0.25) is 5.91 Å². The van der Waals surface area contributed by atoms with Crippen molar-refractivity contribution >= 4 is 34.5 Å². The van der Waals surface area contributed by atoms with Crippen molar-refractivity contribution < 1.29 is 14.0 Å². The number of hydrogen-bond acceptors (Lipinski definition) is 6. The van der Waals surface area contributed by atoms with Crippen LogP contribution in [0.1, 0.15) is 47.4 Å². The van der Waals surface area contributed by atoms with Crippen LogP contribution in [0.2, 0.25) is 0 Å². The van der Waals surface area contributed by atoms with Crippen LogP contribution in [-0.2, 0) is 17.9 Å². The number of carbonyl (C=O) groups is 2. The van der Waals surface area contributed by atoms with Crippen LogP contribution < -0.4 is 16.2 Å². The fraction of sp³-hybridized carbons (Fsp3) is 0.286. The number of carbonyl (C=O) groups excluding carboxylic acids is 2. The summed E-state index contributed by atoms with van der Waals surface area (Å²) in [6.45, 7) is 0.572. The molecule has 0 spiro atoms. The van der Waals surface area contributed by atoms with Crippen molar-refractivity contribution in [1.29, 1.82) is 0 Å². The molecule has 0 atom stereocenters. The summed E-state index contributed by atoms with van der Waals surface area (Å²) in [7, 11) is 0. The first-order valence-electron chi connectivity index (χ1n) is 12.4. The van der Waals surface area contributed by atoms with Crippen LogP contribution in [0.5, 0.6) is 0 Å². The number of aromatic nitrogens is 2. The van der Waals surface area contributed by atoms with Gasteiger partial charge in [-0.3, -0.25) is 19.0 Å². The van der Waals surface area contributed by atoms with Gasteiger partial charge in [0, 0.05) is 11.6 Å². The lowest BCUT2D eigenvalue weighted by atomic mass is 10.1. The van der Waals surface area contributed by atoms with Gasteiger partial charge in [0.1, 0.15) is 5.76 Å². The zero-order valence-corrected chi connectivity index (χ0v) is 21.1. The van der Waals surface area contributed by atoms with Gasteiger partial charge in [-0.05, 0) is 54.8 Å².